The molecular formula is C19H21FN4O4. The minimum atomic E-state index is -1.82. The first-order chi connectivity index (χ1) is 13.6. The smallest absolute Gasteiger partial charge is 0.321 e. The molecule has 1 aliphatic carbocycles. The summed E-state index contributed by atoms with van der Waals surface area (Å²) in [5.74, 6) is 2.07. The fourth-order valence-electron chi connectivity index (χ4n) is 3.61. The number of nitrogens with zero attached hydrogens (tertiary/aromatic N) is 3. The number of carbonyl (C=O) groups excluding carboxylic acids is 1. The molecule has 1 saturated carbocycles. The van der Waals surface area contributed by atoms with Crippen LogP contribution in [0.3, 0.4) is 0 Å². The lowest BCUT2D eigenvalue weighted by Gasteiger charge is -2.35. The third-order valence-corrected chi connectivity index (χ3v) is 5.29. The Morgan fingerprint density at radius 1 is 1.25 bits per heavy atom. The van der Waals surface area contributed by atoms with Crippen LogP contribution in [0, 0.1) is 0 Å². The monoisotopic (exact) mass is 388 g/mol. The average Bonchev–Trinajstić information content (AvgIpc) is 3.44. The van der Waals surface area contributed by atoms with Crippen molar-refractivity contribution in [3.8, 4) is 11.5 Å². The SMILES string of the molecule is O=C(Nc1ccc2c(c1)OCCO2)N1CCCC(F)(c2nc(C3CC3)no2)C1. The largest absolute Gasteiger partial charge is 0.486 e. The van der Waals surface area contributed by atoms with Gasteiger partial charge in [-0.1, -0.05) is 5.16 Å². The van der Waals surface area contributed by atoms with E-state index in [1.54, 1.807) is 18.2 Å². The summed E-state index contributed by atoms with van der Waals surface area (Å²) in [5.41, 5.74) is -1.25. The first-order valence-corrected chi connectivity index (χ1v) is 9.59. The Balaban J connectivity index is 1.28. The molecule has 2 aromatic rings. The molecule has 148 valence electrons. The van der Waals surface area contributed by atoms with Gasteiger partial charge in [0.1, 0.15) is 13.2 Å². The van der Waals surface area contributed by atoms with Gasteiger partial charge < -0.3 is 24.2 Å². The van der Waals surface area contributed by atoms with Crippen LogP contribution in [-0.4, -0.2) is 47.4 Å². The summed E-state index contributed by atoms with van der Waals surface area (Å²) in [6, 6.07) is 4.81. The first kappa shape index (κ1) is 17.3. The molecule has 5 rings (SSSR count). The van der Waals surface area contributed by atoms with E-state index in [2.05, 4.69) is 15.5 Å². The molecule has 8 nitrogen and oxygen atoms in total. The number of hydrogen-bond acceptors (Lipinski definition) is 6. The highest BCUT2D eigenvalue weighted by molar-refractivity contribution is 5.90. The lowest BCUT2D eigenvalue weighted by molar-refractivity contribution is 0.0333. The van der Waals surface area contributed by atoms with Crippen LogP contribution in [0.5, 0.6) is 11.5 Å². The number of amides is 2. The highest BCUT2D eigenvalue weighted by atomic mass is 19.1. The maximum Gasteiger partial charge on any atom is 0.321 e. The average molecular weight is 388 g/mol. The number of nitrogens with one attached hydrogen (secondary N) is 1. The maximum atomic E-state index is 15.5. The Morgan fingerprint density at radius 3 is 2.89 bits per heavy atom. The number of likely N-dealkylation sites (tertiary alicyclic amines) is 1. The summed E-state index contributed by atoms with van der Waals surface area (Å²) in [6.07, 6.45) is 2.81. The van der Waals surface area contributed by atoms with Crippen LogP contribution in [0.25, 0.3) is 0 Å². The van der Waals surface area contributed by atoms with Gasteiger partial charge in [-0.25, -0.2) is 9.18 Å². The molecule has 1 N–H and O–H groups in total. The Bertz CT molecular complexity index is 900. The zero-order valence-corrected chi connectivity index (χ0v) is 15.3. The van der Waals surface area contributed by atoms with E-state index in [-0.39, 0.29) is 24.9 Å². The Morgan fingerprint density at radius 2 is 2.07 bits per heavy atom. The zero-order valence-electron chi connectivity index (χ0n) is 15.3. The molecule has 0 bridgehead atoms. The molecule has 0 radical (unpaired) electrons. The van der Waals surface area contributed by atoms with Crippen molar-refractivity contribution in [2.24, 2.45) is 0 Å². The summed E-state index contributed by atoms with van der Waals surface area (Å²) >= 11 is 0. The number of benzene rings is 1. The second kappa shape index (κ2) is 6.65. The van der Waals surface area contributed by atoms with Crippen LogP contribution >= 0.6 is 0 Å². The number of anilines is 1. The number of aromatic nitrogens is 2. The molecule has 2 aliphatic heterocycles. The van der Waals surface area contributed by atoms with Crippen molar-refractivity contribution in [3.05, 3.63) is 29.9 Å². The van der Waals surface area contributed by atoms with Gasteiger partial charge in [0.15, 0.2) is 17.3 Å². The number of hydrogen-bond donors (Lipinski definition) is 1. The van der Waals surface area contributed by atoms with Crippen LogP contribution in [0.2, 0.25) is 0 Å². The highest BCUT2D eigenvalue weighted by Crippen LogP contribution is 2.41. The number of fused-ring (bicyclic) bond motifs is 1. The molecule has 28 heavy (non-hydrogen) atoms. The van der Waals surface area contributed by atoms with Crippen LogP contribution in [-0.2, 0) is 5.67 Å². The number of urea groups is 1. The Labute approximate surface area is 161 Å². The second-order valence-electron chi connectivity index (χ2n) is 7.51. The summed E-state index contributed by atoms with van der Waals surface area (Å²) in [4.78, 5) is 18.4. The van der Waals surface area contributed by atoms with Crippen LogP contribution < -0.4 is 14.8 Å². The van der Waals surface area contributed by atoms with Gasteiger partial charge in [-0.05, 0) is 37.8 Å². The molecule has 1 saturated heterocycles. The van der Waals surface area contributed by atoms with Crippen molar-refractivity contribution in [1.29, 1.82) is 0 Å². The van der Waals surface area contributed by atoms with Crippen molar-refractivity contribution >= 4 is 11.7 Å². The lowest BCUT2D eigenvalue weighted by atomic mass is 9.94. The fraction of sp³-hybridized carbons (Fsp3) is 0.526. The molecule has 3 heterocycles. The summed E-state index contributed by atoms with van der Waals surface area (Å²) in [7, 11) is 0. The minimum absolute atomic E-state index is 0.0220. The molecule has 2 amide bonds. The Kier molecular flexibility index (Phi) is 4.10. The van der Waals surface area contributed by atoms with Gasteiger partial charge in [0, 0.05) is 24.2 Å². The number of alkyl halides is 1. The van der Waals surface area contributed by atoms with E-state index < -0.39 is 5.67 Å². The molecule has 9 heteroatoms. The number of halogens is 1. The van der Waals surface area contributed by atoms with Gasteiger partial charge in [-0.2, -0.15) is 4.98 Å². The van der Waals surface area contributed by atoms with E-state index in [1.165, 1.54) is 4.90 Å². The van der Waals surface area contributed by atoms with Gasteiger partial charge in [-0.3, -0.25) is 0 Å². The van der Waals surface area contributed by atoms with Crippen molar-refractivity contribution in [3.63, 3.8) is 0 Å². The molecular weight excluding hydrogens is 367 g/mol. The van der Waals surface area contributed by atoms with Crippen LogP contribution in [0.1, 0.15) is 43.3 Å². The topological polar surface area (TPSA) is 89.7 Å². The number of ether oxygens (including phenoxy) is 2. The van der Waals surface area contributed by atoms with E-state index in [1.807, 2.05) is 0 Å². The third-order valence-electron chi connectivity index (χ3n) is 5.29. The van der Waals surface area contributed by atoms with Crippen molar-refractivity contribution < 1.29 is 23.2 Å². The summed E-state index contributed by atoms with van der Waals surface area (Å²) < 4.78 is 31.7. The van der Waals surface area contributed by atoms with E-state index >= 15 is 4.39 Å². The first-order valence-electron chi connectivity index (χ1n) is 9.59. The molecule has 1 atom stereocenters. The third kappa shape index (κ3) is 3.25. The second-order valence-corrected chi connectivity index (χ2v) is 7.51. The van der Waals surface area contributed by atoms with Crippen LogP contribution in [0.4, 0.5) is 14.9 Å². The van der Waals surface area contributed by atoms with Gasteiger partial charge in [-0.15, -0.1) is 0 Å². The Hall–Kier alpha value is -2.84. The lowest BCUT2D eigenvalue weighted by Crippen LogP contribution is -2.48. The number of carbonyl (C=O) groups is 1. The van der Waals surface area contributed by atoms with Crippen molar-refractivity contribution in [2.45, 2.75) is 37.3 Å². The van der Waals surface area contributed by atoms with E-state index in [9.17, 15) is 4.79 Å². The van der Waals surface area contributed by atoms with Gasteiger partial charge in [0.05, 0.1) is 6.54 Å². The molecule has 1 unspecified atom stereocenters. The van der Waals surface area contributed by atoms with E-state index in [0.717, 1.165) is 12.8 Å². The summed E-state index contributed by atoms with van der Waals surface area (Å²) in [5, 5.41) is 6.71. The van der Waals surface area contributed by atoms with E-state index in [0.29, 0.717) is 55.1 Å². The summed E-state index contributed by atoms with van der Waals surface area (Å²) in [6.45, 7) is 1.32. The van der Waals surface area contributed by atoms with Gasteiger partial charge >= 0.3 is 6.03 Å². The molecule has 2 fully saturated rings. The predicted molar refractivity (Wildman–Crippen MR) is 96.3 cm³/mol. The molecule has 0 spiro atoms. The minimum Gasteiger partial charge on any atom is -0.486 e. The van der Waals surface area contributed by atoms with Crippen LogP contribution in [0.15, 0.2) is 22.7 Å². The fourth-order valence-corrected chi connectivity index (χ4v) is 3.61. The van der Waals surface area contributed by atoms with Gasteiger partial charge in [0.2, 0.25) is 5.67 Å². The predicted octanol–water partition coefficient (Wildman–Crippen LogP) is 3.21. The van der Waals surface area contributed by atoms with Crippen molar-refractivity contribution in [2.75, 3.05) is 31.6 Å². The van der Waals surface area contributed by atoms with Crippen molar-refractivity contribution in [1.82, 2.24) is 15.0 Å². The number of rotatable bonds is 3. The zero-order chi connectivity index (χ0) is 19.1. The normalized spacial score (nSPS) is 24.1. The van der Waals surface area contributed by atoms with E-state index in [4.69, 9.17) is 14.0 Å². The standard InChI is InChI=1S/C19H21FN4O4/c20-19(17-22-16(23-28-17)12-2-3-12)6-1-7-24(11-19)18(25)21-13-4-5-14-15(10-13)27-9-8-26-14/h4-5,10,12H,1-3,6-9,11H2,(H,21,25). The molecule has 1 aromatic heterocycles. The number of piperidine rings is 1. The quantitative estimate of drug-likeness (QED) is 0.868. The molecule has 1 aromatic carbocycles. The highest BCUT2D eigenvalue weighted by Gasteiger charge is 2.44. The molecule has 3 aliphatic rings. The van der Waals surface area contributed by atoms with Gasteiger partial charge in [0.25, 0.3) is 5.89 Å². The maximum absolute atomic E-state index is 15.5.